The minimum absolute atomic E-state index is 0.162. The number of carbonyl (C=O) groups excluding carboxylic acids is 1. The van der Waals surface area contributed by atoms with Gasteiger partial charge in [-0.25, -0.2) is 4.79 Å². The average Bonchev–Trinajstić information content (AvgIpc) is 3.00. The molecule has 6 nitrogen and oxygen atoms in total. The summed E-state index contributed by atoms with van der Waals surface area (Å²) in [5.74, 6) is 0.795. The Labute approximate surface area is 135 Å². The molecule has 0 aliphatic carbocycles. The van der Waals surface area contributed by atoms with Crippen molar-refractivity contribution in [3.05, 3.63) is 52.9 Å². The third kappa shape index (κ3) is 4.32. The minimum Gasteiger partial charge on any atom is -0.394 e. The molecule has 0 bridgehead atoms. The van der Waals surface area contributed by atoms with Gasteiger partial charge in [0.1, 0.15) is 5.76 Å². The summed E-state index contributed by atoms with van der Waals surface area (Å²) in [4.78, 5) is 12.1. The Morgan fingerprint density at radius 1 is 1.26 bits per heavy atom. The van der Waals surface area contributed by atoms with Crippen molar-refractivity contribution in [3.63, 3.8) is 0 Å². The Bertz CT molecular complexity index is 604. The predicted molar refractivity (Wildman–Crippen MR) is 86.9 cm³/mol. The number of rotatable bonds is 7. The van der Waals surface area contributed by atoms with Crippen molar-refractivity contribution in [1.29, 1.82) is 0 Å². The fraction of sp³-hybridized carbons (Fsp3) is 0.412. The highest BCUT2D eigenvalue weighted by atomic mass is 16.5. The van der Waals surface area contributed by atoms with E-state index in [0.29, 0.717) is 6.54 Å². The van der Waals surface area contributed by atoms with E-state index in [4.69, 9.17) is 4.52 Å². The van der Waals surface area contributed by atoms with Gasteiger partial charge in [-0.15, -0.1) is 0 Å². The fourth-order valence-corrected chi connectivity index (χ4v) is 2.44. The maximum Gasteiger partial charge on any atom is 0.315 e. The van der Waals surface area contributed by atoms with E-state index >= 15 is 0 Å². The van der Waals surface area contributed by atoms with Crippen molar-refractivity contribution in [2.24, 2.45) is 0 Å². The van der Waals surface area contributed by atoms with Gasteiger partial charge in [0.25, 0.3) is 0 Å². The van der Waals surface area contributed by atoms with Crippen LogP contribution in [0.4, 0.5) is 4.79 Å². The maximum absolute atomic E-state index is 12.1. The largest absolute Gasteiger partial charge is 0.394 e. The molecule has 6 heteroatoms. The summed E-state index contributed by atoms with van der Waals surface area (Å²) in [6.45, 7) is 4.18. The van der Waals surface area contributed by atoms with Crippen LogP contribution in [0.25, 0.3) is 0 Å². The molecule has 2 aromatic rings. The van der Waals surface area contributed by atoms with Gasteiger partial charge in [-0.1, -0.05) is 49.3 Å². The van der Waals surface area contributed by atoms with E-state index in [9.17, 15) is 9.90 Å². The molecule has 0 aliphatic heterocycles. The van der Waals surface area contributed by atoms with Crippen LogP contribution in [-0.2, 0) is 19.4 Å². The lowest BCUT2D eigenvalue weighted by atomic mass is 10.1. The molecule has 3 N–H and O–H groups in total. The Morgan fingerprint density at radius 2 is 2.00 bits per heavy atom. The number of aromatic nitrogens is 1. The van der Waals surface area contributed by atoms with Crippen molar-refractivity contribution in [3.8, 4) is 0 Å². The quantitative estimate of drug-likeness (QED) is 0.731. The number of hydrogen-bond donors (Lipinski definition) is 3. The molecular formula is C17H23N3O3. The number of urea groups is 1. The molecule has 1 heterocycles. The van der Waals surface area contributed by atoms with Crippen LogP contribution >= 0.6 is 0 Å². The zero-order valence-electron chi connectivity index (χ0n) is 13.5. The molecular weight excluding hydrogens is 294 g/mol. The molecule has 1 aromatic heterocycles. The lowest BCUT2D eigenvalue weighted by Crippen LogP contribution is -2.39. The summed E-state index contributed by atoms with van der Waals surface area (Å²) in [5, 5.41) is 19.1. The smallest absolute Gasteiger partial charge is 0.315 e. The number of benzene rings is 1. The minimum atomic E-state index is -0.435. The first-order valence-electron chi connectivity index (χ1n) is 7.86. The van der Waals surface area contributed by atoms with Gasteiger partial charge in [-0.2, -0.15) is 0 Å². The van der Waals surface area contributed by atoms with Crippen molar-refractivity contribution in [2.45, 2.75) is 39.3 Å². The number of amides is 2. The first-order chi connectivity index (χ1) is 11.2. The van der Waals surface area contributed by atoms with E-state index < -0.39 is 6.04 Å². The van der Waals surface area contributed by atoms with E-state index in [1.165, 1.54) is 0 Å². The number of hydrogen-bond acceptors (Lipinski definition) is 4. The summed E-state index contributed by atoms with van der Waals surface area (Å²) in [7, 11) is 0. The van der Waals surface area contributed by atoms with E-state index in [2.05, 4.69) is 15.8 Å². The zero-order chi connectivity index (χ0) is 16.7. The lowest BCUT2D eigenvalue weighted by Gasteiger charge is -2.17. The molecule has 1 aromatic carbocycles. The Balaban J connectivity index is 1.96. The number of aryl methyl sites for hydroxylation is 2. The Hall–Kier alpha value is -2.34. The van der Waals surface area contributed by atoms with E-state index in [1.54, 1.807) is 0 Å². The van der Waals surface area contributed by atoms with Gasteiger partial charge in [0, 0.05) is 18.5 Å². The predicted octanol–water partition coefficient (Wildman–Crippen LogP) is 2.33. The first kappa shape index (κ1) is 17.0. The highest BCUT2D eigenvalue weighted by Gasteiger charge is 2.16. The Morgan fingerprint density at radius 3 is 2.61 bits per heavy atom. The molecule has 0 fully saturated rings. The zero-order valence-corrected chi connectivity index (χ0v) is 13.5. The van der Waals surface area contributed by atoms with Crippen molar-refractivity contribution >= 4 is 6.03 Å². The van der Waals surface area contributed by atoms with Crippen LogP contribution in [0, 0.1) is 0 Å². The Kier molecular flexibility index (Phi) is 6.17. The van der Waals surface area contributed by atoms with Gasteiger partial charge in [-0.05, 0) is 12.0 Å². The summed E-state index contributed by atoms with van der Waals surface area (Å²) in [6, 6.07) is 8.60. The van der Waals surface area contributed by atoms with Crippen molar-refractivity contribution < 1.29 is 14.4 Å². The van der Waals surface area contributed by atoms with Crippen LogP contribution in [0.1, 0.15) is 42.5 Å². The van der Waals surface area contributed by atoms with Gasteiger partial charge in [0.2, 0.25) is 0 Å². The monoisotopic (exact) mass is 317 g/mol. The normalized spacial score (nSPS) is 12.0. The second kappa shape index (κ2) is 8.33. The first-order valence-corrected chi connectivity index (χ1v) is 7.86. The topological polar surface area (TPSA) is 87.4 Å². The van der Waals surface area contributed by atoms with Gasteiger partial charge in [0.05, 0.1) is 18.3 Å². The molecule has 0 saturated heterocycles. The van der Waals surface area contributed by atoms with E-state index in [1.807, 2.05) is 44.2 Å². The summed E-state index contributed by atoms with van der Waals surface area (Å²) >= 11 is 0. The number of carbonyl (C=O) groups is 1. The lowest BCUT2D eigenvalue weighted by molar-refractivity contribution is 0.216. The van der Waals surface area contributed by atoms with Crippen LogP contribution in [-0.4, -0.2) is 22.9 Å². The van der Waals surface area contributed by atoms with Crippen molar-refractivity contribution in [2.75, 3.05) is 6.61 Å². The molecule has 0 radical (unpaired) electrons. The second-order valence-electron chi connectivity index (χ2n) is 5.21. The van der Waals surface area contributed by atoms with E-state index in [-0.39, 0.29) is 12.6 Å². The number of nitrogens with one attached hydrogen (secondary N) is 2. The van der Waals surface area contributed by atoms with Gasteiger partial charge in [-0.3, -0.25) is 0 Å². The molecule has 0 saturated carbocycles. The molecule has 1 atom stereocenters. The molecule has 2 rings (SSSR count). The maximum atomic E-state index is 12.1. The molecule has 0 spiro atoms. The van der Waals surface area contributed by atoms with Gasteiger partial charge < -0.3 is 20.3 Å². The fourth-order valence-electron chi connectivity index (χ4n) is 2.44. The molecule has 0 aliphatic rings. The van der Waals surface area contributed by atoms with Gasteiger partial charge in [0.15, 0.2) is 0 Å². The second-order valence-corrected chi connectivity index (χ2v) is 5.21. The van der Waals surface area contributed by atoms with Crippen LogP contribution in [0.15, 0.2) is 34.9 Å². The highest BCUT2D eigenvalue weighted by Crippen LogP contribution is 2.16. The summed E-state index contributed by atoms with van der Waals surface area (Å²) in [5.41, 5.74) is 2.66. The summed E-state index contributed by atoms with van der Waals surface area (Å²) in [6.07, 6.45) is 1.49. The van der Waals surface area contributed by atoms with Crippen LogP contribution in [0.2, 0.25) is 0 Å². The van der Waals surface area contributed by atoms with Crippen LogP contribution in [0.5, 0.6) is 0 Å². The highest BCUT2D eigenvalue weighted by molar-refractivity contribution is 5.74. The number of aliphatic hydroxyl groups is 1. The van der Waals surface area contributed by atoms with Crippen LogP contribution in [0.3, 0.4) is 0 Å². The SMILES string of the molecule is CCc1noc(CC)c1CNC(=O)NC(CO)c1ccccc1. The number of nitrogens with zero attached hydrogens (tertiary/aromatic N) is 1. The molecule has 23 heavy (non-hydrogen) atoms. The summed E-state index contributed by atoms with van der Waals surface area (Å²) < 4.78 is 5.28. The number of aliphatic hydroxyl groups excluding tert-OH is 1. The third-order valence-electron chi connectivity index (χ3n) is 3.72. The average molecular weight is 317 g/mol. The van der Waals surface area contributed by atoms with Crippen molar-refractivity contribution in [1.82, 2.24) is 15.8 Å². The third-order valence-corrected chi connectivity index (χ3v) is 3.72. The molecule has 124 valence electrons. The molecule has 2 amide bonds. The van der Waals surface area contributed by atoms with Gasteiger partial charge >= 0.3 is 6.03 Å². The standard InChI is InChI=1S/C17H23N3O3/c1-3-14-13(16(4-2)23-20-14)10-18-17(22)19-15(11-21)12-8-6-5-7-9-12/h5-9,15,21H,3-4,10-11H2,1-2H3,(H2,18,19,22). The molecule has 1 unspecified atom stereocenters. The van der Waals surface area contributed by atoms with Crippen LogP contribution < -0.4 is 10.6 Å². The van der Waals surface area contributed by atoms with E-state index in [0.717, 1.165) is 35.4 Å².